The summed E-state index contributed by atoms with van der Waals surface area (Å²) in [5.41, 5.74) is 6.74. The Labute approximate surface area is 113 Å². The van der Waals surface area contributed by atoms with Crippen molar-refractivity contribution in [3.05, 3.63) is 29.8 Å². The predicted octanol–water partition coefficient (Wildman–Crippen LogP) is 2.25. The number of hydrogen-bond acceptors (Lipinski definition) is 2. The zero-order chi connectivity index (χ0) is 13.8. The maximum absolute atomic E-state index is 12.5. The molecule has 3 N–H and O–H groups in total. The van der Waals surface area contributed by atoms with E-state index in [0.717, 1.165) is 5.56 Å². The van der Waals surface area contributed by atoms with Gasteiger partial charge in [-0.3, -0.25) is 4.79 Å². The van der Waals surface area contributed by atoms with Gasteiger partial charge in [-0.1, -0.05) is 12.1 Å². The van der Waals surface area contributed by atoms with Crippen LogP contribution in [0.2, 0.25) is 0 Å². The molecule has 0 unspecified atom stereocenters. The summed E-state index contributed by atoms with van der Waals surface area (Å²) >= 11 is 0. The number of halogens is 5. The summed E-state index contributed by atoms with van der Waals surface area (Å²) in [5, 5.41) is 1.77. The summed E-state index contributed by atoms with van der Waals surface area (Å²) in [6, 6.07) is 6.55. The molecule has 0 aliphatic heterocycles. The van der Waals surface area contributed by atoms with Crippen molar-refractivity contribution >= 4 is 24.0 Å². The van der Waals surface area contributed by atoms with E-state index in [9.17, 15) is 22.4 Å². The molecule has 0 saturated carbocycles. The van der Waals surface area contributed by atoms with Crippen LogP contribution < -0.4 is 11.1 Å². The number of benzene rings is 1. The normalized spacial score (nSPS) is 11.0. The zero-order valence-corrected chi connectivity index (χ0v) is 10.5. The van der Waals surface area contributed by atoms with E-state index in [4.69, 9.17) is 5.73 Å². The highest BCUT2D eigenvalue weighted by Crippen LogP contribution is 2.22. The minimum Gasteiger partial charge on any atom is -0.399 e. The molecule has 108 valence electrons. The molecule has 0 aromatic heterocycles. The Morgan fingerprint density at radius 3 is 2.26 bits per heavy atom. The van der Waals surface area contributed by atoms with Crippen molar-refractivity contribution in [2.24, 2.45) is 0 Å². The third-order valence-electron chi connectivity index (χ3n) is 2.26. The van der Waals surface area contributed by atoms with E-state index in [1.54, 1.807) is 29.6 Å². The number of hydrogen-bond donors (Lipinski definition) is 2. The quantitative estimate of drug-likeness (QED) is 0.647. The van der Waals surface area contributed by atoms with Gasteiger partial charge in [0.15, 0.2) is 0 Å². The maximum atomic E-state index is 12.5. The molecular formula is C11H13ClF4N2O. The summed E-state index contributed by atoms with van der Waals surface area (Å²) in [5.74, 6) is -6.62. The lowest BCUT2D eigenvalue weighted by molar-refractivity contribution is -0.169. The van der Waals surface area contributed by atoms with Crippen LogP contribution in [0.15, 0.2) is 24.3 Å². The molecule has 3 nitrogen and oxygen atoms in total. The van der Waals surface area contributed by atoms with E-state index in [2.05, 4.69) is 0 Å². The Morgan fingerprint density at radius 1 is 1.26 bits per heavy atom. The number of nitrogen functional groups attached to an aromatic ring is 1. The largest absolute Gasteiger partial charge is 0.399 e. The monoisotopic (exact) mass is 300 g/mol. The first kappa shape index (κ1) is 17.5. The van der Waals surface area contributed by atoms with Crippen LogP contribution in [-0.2, 0) is 11.2 Å². The average Bonchev–Trinajstić information content (AvgIpc) is 2.31. The van der Waals surface area contributed by atoms with Crippen LogP contribution in [0.4, 0.5) is 23.2 Å². The number of nitrogens with two attached hydrogens (primary N) is 1. The smallest absolute Gasteiger partial charge is 0.383 e. The SMILES string of the molecule is Cl.Nc1ccc(CCNC(=O)C(F)(F)C(F)F)cc1. The number of amides is 1. The summed E-state index contributed by atoms with van der Waals surface area (Å²) in [6.07, 6.45) is -3.75. The third kappa shape index (κ3) is 4.94. The first-order valence-corrected chi connectivity index (χ1v) is 5.12. The fourth-order valence-corrected chi connectivity index (χ4v) is 1.22. The molecule has 0 aliphatic rings. The van der Waals surface area contributed by atoms with Crippen LogP contribution in [-0.4, -0.2) is 24.8 Å². The van der Waals surface area contributed by atoms with Crippen LogP contribution in [0.5, 0.6) is 0 Å². The highest BCUT2D eigenvalue weighted by atomic mass is 35.5. The molecule has 0 radical (unpaired) electrons. The van der Waals surface area contributed by atoms with E-state index >= 15 is 0 Å². The first-order chi connectivity index (χ1) is 8.34. The summed E-state index contributed by atoms with van der Waals surface area (Å²) in [7, 11) is 0. The van der Waals surface area contributed by atoms with Gasteiger partial charge in [-0.15, -0.1) is 12.4 Å². The van der Waals surface area contributed by atoms with Crippen LogP contribution in [0, 0.1) is 0 Å². The number of anilines is 1. The van der Waals surface area contributed by atoms with E-state index in [1.165, 1.54) is 0 Å². The predicted molar refractivity (Wildman–Crippen MR) is 65.8 cm³/mol. The molecule has 0 fully saturated rings. The van der Waals surface area contributed by atoms with E-state index in [-0.39, 0.29) is 25.4 Å². The Kier molecular flexibility index (Phi) is 6.61. The summed E-state index contributed by atoms with van der Waals surface area (Å²) < 4.78 is 48.7. The molecule has 1 aromatic rings. The van der Waals surface area contributed by atoms with Crippen LogP contribution in [0.1, 0.15) is 5.56 Å². The van der Waals surface area contributed by atoms with Gasteiger partial charge in [0.1, 0.15) is 0 Å². The molecule has 0 saturated heterocycles. The Bertz CT molecular complexity index is 412. The minimum atomic E-state index is -4.65. The highest BCUT2D eigenvalue weighted by molar-refractivity contribution is 5.85. The number of nitrogens with one attached hydrogen (secondary N) is 1. The Morgan fingerprint density at radius 2 is 1.79 bits per heavy atom. The van der Waals surface area contributed by atoms with Crippen molar-refractivity contribution in [2.45, 2.75) is 18.8 Å². The zero-order valence-electron chi connectivity index (χ0n) is 9.71. The Balaban J connectivity index is 0.00000324. The summed E-state index contributed by atoms with van der Waals surface area (Å²) in [4.78, 5) is 10.8. The van der Waals surface area contributed by atoms with Crippen molar-refractivity contribution < 1.29 is 22.4 Å². The molecule has 0 bridgehead atoms. The second-order valence-corrected chi connectivity index (χ2v) is 3.67. The fourth-order valence-electron chi connectivity index (χ4n) is 1.22. The van der Waals surface area contributed by atoms with Gasteiger partial charge in [0, 0.05) is 12.2 Å². The second-order valence-electron chi connectivity index (χ2n) is 3.67. The standard InChI is InChI=1S/C11H12F4N2O.ClH/c12-9(13)11(14,15)10(18)17-6-5-7-1-3-8(16)4-2-7;/h1-4,9H,5-6,16H2,(H,17,18);1H. The van der Waals surface area contributed by atoms with Crippen molar-refractivity contribution in [2.75, 3.05) is 12.3 Å². The lowest BCUT2D eigenvalue weighted by Crippen LogP contribution is -2.45. The fraction of sp³-hybridized carbons (Fsp3) is 0.364. The highest BCUT2D eigenvalue weighted by Gasteiger charge is 2.48. The van der Waals surface area contributed by atoms with E-state index in [1.807, 2.05) is 0 Å². The second kappa shape index (κ2) is 7.18. The summed E-state index contributed by atoms with van der Waals surface area (Å²) in [6.45, 7) is -0.148. The molecule has 8 heteroatoms. The van der Waals surface area contributed by atoms with Gasteiger partial charge in [-0.2, -0.15) is 8.78 Å². The van der Waals surface area contributed by atoms with Gasteiger partial charge in [-0.25, -0.2) is 8.78 Å². The molecular weight excluding hydrogens is 288 g/mol. The van der Waals surface area contributed by atoms with Crippen LogP contribution >= 0.6 is 12.4 Å². The van der Waals surface area contributed by atoms with Crippen LogP contribution in [0.3, 0.4) is 0 Å². The number of rotatable bonds is 5. The number of carbonyl (C=O) groups excluding carboxylic acids is 1. The molecule has 19 heavy (non-hydrogen) atoms. The van der Waals surface area contributed by atoms with Crippen molar-refractivity contribution in [1.29, 1.82) is 0 Å². The minimum absolute atomic E-state index is 0. The number of alkyl halides is 4. The topological polar surface area (TPSA) is 55.1 Å². The van der Waals surface area contributed by atoms with Gasteiger partial charge < -0.3 is 11.1 Å². The van der Waals surface area contributed by atoms with Crippen molar-refractivity contribution in [3.63, 3.8) is 0 Å². The van der Waals surface area contributed by atoms with Crippen molar-refractivity contribution in [1.82, 2.24) is 5.32 Å². The molecule has 1 aromatic carbocycles. The third-order valence-corrected chi connectivity index (χ3v) is 2.26. The van der Waals surface area contributed by atoms with Gasteiger partial charge in [0.05, 0.1) is 0 Å². The molecule has 0 heterocycles. The molecule has 1 rings (SSSR count). The van der Waals surface area contributed by atoms with Crippen molar-refractivity contribution in [3.8, 4) is 0 Å². The molecule has 0 spiro atoms. The first-order valence-electron chi connectivity index (χ1n) is 5.12. The van der Waals surface area contributed by atoms with Gasteiger partial charge in [0.25, 0.3) is 5.91 Å². The van der Waals surface area contributed by atoms with E-state index in [0.29, 0.717) is 5.69 Å². The van der Waals surface area contributed by atoms with E-state index < -0.39 is 18.3 Å². The van der Waals surface area contributed by atoms with Crippen LogP contribution in [0.25, 0.3) is 0 Å². The maximum Gasteiger partial charge on any atom is 0.383 e. The molecule has 1 amide bonds. The molecule has 0 atom stereocenters. The Hall–Kier alpha value is -1.50. The lowest BCUT2D eigenvalue weighted by atomic mass is 10.1. The van der Waals surface area contributed by atoms with Gasteiger partial charge in [0.2, 0.25) is 0 Å². The van der Waals surface area contributed by atoms with Gasteiger partial charge in [-0.05, 0) is 24.1 Å². The molecule has 0 aliphatic carbocycles. The average molecular weight is 301 g/mol. The van der Waals surface area contributed by atoms with Gasteiger partial charge >= 0.3 is 12.3 Å². The number of carbonyl (C=O) groups is 1. The lowest BCUT2D eigenvalue weighted by Gasteiger charge is -2.14.